The molecular weight excluding hydrogens is 250 g/mol. The fourth-order valence-corrected chi connectivity index (χ4v) is 1.76. The van der Waals surface area contributed by atoms with Crippen LogP contribution < -0.4 is 5.56 Å². The number of carbonyl (C=O) groups is 2. The lowest BCUT2D eigenvalue weighted by atomic mass is 10.0. The fourth-order valence-electron chi connectivity index (χ4n) is 1.76. The highest BCUT2D eigenvalue weighted by Crippen LogP contribution is 2.22. The average molecular weight is 261 g/mol. The summed E-state index contributed by atoms with van der Waals surface area (Å²) in [7, 11) is 0. The van der Waals surface area contributed by atoms with E-state index in [-0.39, 0.29) is 17.6 Å². The fraction of sp³-hybridized carbons (Fsp3) is 0.154. The number of pyridine rings is 1. The molecule has 2 aromatic rings. The number of hydrogen-bond donors (Lipinski definition) is 2. The molecule has 0 saturated carbocycles. The first kappa shape index (κ1) is 12.8. The smallest absolute Gasteiger partial charge is 0.379 e. The molecule has 0 radical (unpaired) electrons. The van der Waals surface area contributed by atoms with Gasteiger partial charge in [0.05, 0.1) is 12.2 Å². The average Bonchev–Trinajstić information content (AvgIpc) is 2.40. The standard InChI is InChI=1S/C13H11NO5/c1-2-19-13(18)11(16)9-7-5-3-4-6-8(7)14-12(17)10(9)15/h3-6,15H,2H2,1H3,(H,14,17). The number of hydrogen-bond acceptors (Lipinski definition) is 5. The van der Waals surface area contributed by atoms with Crippen molar-refractivity contribution in [1.82, 2.24) is 4.98 Å². The summed E-state index contributed by atoms with van der Waals surface area (Å²) in [6.45, 7) is 1.59. The molecule has 0 bridgehead atoms. The topological polar surface area (TPSA) is 96.5 Å². The number of fused-ring (bicyclic) bond motifs is 1. The van der Waals surface area contributed by atoms with Crippen molar-refractivity contribution in [1.29, 1.82) is 0 Å². The molecule has 6 heteroatoms. The van der Waals surface area contributed by atoms with E-state index in [1.165, 1.54) is 6.07 Å². The van der Waals surface area contributed by atoms with E-state index in [1.54, 1.807) is 25.1 Å². The third-order valence-electron chi connectivity index (χ3n) is 2.58. The molecule has 1 aromatic heterocycles. The van der Waals surface area contributed by atoms with Gasteiger partial charge in [-0.3, -0.25) is 9.59 Å². The molecule has 1 heterocycles. The van der Waals surface area contributed by atoms with Gasteiger partial charge in [-0.2, -0.15) is 0 Å². The molecule has 2 N–H and O–H groups in total. The highest BCUT2D eigenvalue weighted by Gasteiger charge is 2.25. The minimum atomic E-state index is -1.10. The van der Waals surface area contributed by atoms with Crippen molar-refractivity contribution >= 4 is 22.7 Å². The number of rotatable bonds is 3. The molecule has 19 heavy (non-hydrogen) atoms. The second-order valence-electron chi connectivity index (χ2n) is 3.77. The van der Waals surface area contributed by atoms with Crippen molar-refractivity contribution in [3.8, 4) is 5.75 Å². The van der Waals surface area contributed by atoms with Gasteiger partial charge < -0.3 is 14.8 Å². The molecule has 0 aliphatic rings. The van der Waals surface area contributed by atoms with Gasteiger partial charge in [0.15, 0.2) is 5.75 Å². The quantitative estimate of drug-likeness (QED) is 0.487. The van der Waals surface area contributed by atoms with Crippen LogP contribution in [0.1, 0.15) is 17.3 Å². The highest BCUT2D eigenvalue weighted by molar-refractivity contribution is 6.43. The molecule has 0 fully saturated rings. The van der Waals surface area contributed by atoms with E-state index < -0.39 is 23.1 Å². The van der Waals surface area contributed by atoms with Gasteiger partial charge in [0.25, 0.3) is 11.3 Å². The van der Waals surface area contributed by atoms with Gasteiger partial charge in [-0.1, -0.05) is 18.2 Å². The first-order chi connectivity index (χ1) is 9.06. The van der Waals surface area contributed by atoms with Gasteiger partial charge in [0, 0.05) is 10.9 Å². The zero-order valence-electron chi connectivity index (χ0n) is 10.1. The van der Waals surface area contributed by atoms with Gasteiger partial charge in [-0.05, 0) is 13.0 Å². The van der Waals surface area contributed by atoms with Crippen molar-refractivity contribution in [3.05, 3.63) is 40.2 Å². The number of aromatic nitrogens is 1. The van der Waals surface area contributed by atoms with Crippen molar-refractivity contribution in [2.24, 2.45) is 0 Å². The first-order valence-corrected chi connectivity index (χ1v) is 5.61. The molecule has 1 aromatic carbocycles. The molecule has 0 saturated heterocycles. The molecule has 6 nitrogen and oxygen atoms in total. The lowest BCUT2D eigenvalue weighted by Crippen LogP contribution is -2.21. The van der Waals surface area contributed by atoms with Crippen LogP contribution in [0.2, 0.25) is 0 Å². The number of Topliss-reactive ketones (excluding diaryl/α,β-unsaturated/α-hetero) is 1. The van der Waals surface area contributed by atoms with Gasteiger partial charge in [0.1, 0.15) is 0 Å². The van der Waals surface area contributed by atoms with E-state index in [2.05, 4.69) is 9.72 Å². The Morgan fingerprint density at radius 2 is 2.00 bits per heavy atom. The van der Waals surface area contributed by atoms with E-state index >= 15 is 0 Å². The Labute approximate surface area is 107 Å². The molecule has 98 valence electrons. The van der Waals surface area contributed by atoms with Crippen molar-refractivity contribution in [3.63, 3.8) is 0 Å². The Bertz CT molecular complexity index is 717. The summed E-state index contributed by atoms with van der Waals surface area (Å²) in [5.41, 5.74) is -0.804. The zero-order chi connectivity index (χ0) is 14.0. The number of para-hydroxylation sites is 1. The Balaban J connectivity index is 2.71. The number of aromatic hydroxyl groups is 1. The van der Waals surface area contributed by atoms with Crippen LogP contribution in [0.25, 0.3) is 10.9 Å². The third kappa shape index (κ3) is 2.20. The molecule has 0 unspecified atom stereocenters. The number of ketones is 1. The SMILES string of the molecule is CCOC(=O)C(=O)c1c(O)c(=O)[nH]c2ccccc12. The van der Waals surface area contributed by atoms with Crippen LogP contribution in [-0.2, 0) is 9.53 Å². The maximum atomic E-state index is 11.9. The Morgan fingerprint density at radius 1 is 1.32 bits per heavy atom. The summed E-state index contributed by atoms with van der Waals surface area (Å²) < 4.78 is 4.59. The number of carbonyl (C=O) groups excluding carboxylic acids is 2. The van der Waals surface area contributed by atoms with Crippen LogP contribution >= 0.6 is 0 Å². The summed E-state index contributed by atoms with van der Waals surface area (Å²) in [4.78, 5) is 37.3. The summed E-state index contributed by atoms with van der Waals surface area (Å²) in [6, 6.07) is 6.38. The van der Waals surface area contributed by atoms with E-state index in [1.807, 2.05) is 0 Å². The number of benzene rings is 1. The maximum absolute atomic E-state index is 11.9. The van der Waals surface area contributed by atoms with E-state index in [4.69, 9.17) is 0 Å². The Kier molecular flexibility index (Phi) is 3.33. The predicted octanol–water partition coefficient (Wildman–Crippen LogP) is 0.980. The molecule has 0 aliphatic carbocycles. The number of nitrogens with one attached hydrogen (secondary N) is 1. The van der Waals surface area contributed by atoms with Crippen molar-refractivity contribution in [2.75, 3.05) is 6.61 Å². The number of ether oxygens (including phenoxy) is 1. The first-order valence-electron chi connectivity index (χ1n) is 5.61. The third-order valence-corrected chi connectivity index (χ3v) is 2.58. The number of esters is 1. The minimum absolute atomic E-state index is 0.0342. The lowest BCUT2D eigenvalue weighted by Gasteiger charge is -2.07. The predicted molar refractivity (Wildman–Crippen MR) is 67.2 cm³/mol. The number of aromatic amines is 1. The highest BCUT2D eigenvalue weighted by atomic mass is 16.5. The van der Waals surface area contributed by atoms with Crippen LogP contribution in [0, 0.1) is 0 Å². The monoisotopic (exact) mass is 261 g/mol. The second kappa shape index (κ2) is 4.93. The van der Waals surface area contributed by atoms with Gasteiger partial charge in [0.2, 0.25) is 0 Å². The molecule has 2 rings (SSSR count). The summed E-state index contributed by atoms with van der Waals surface area (Å²) in [6.07, 6.45) is 0. The number of H-pyrrole nitrogens is 1. The maximum Gasteiger partial charge on any atom is 0.379 e. The summed E-state index contributed by atoms with van der Waals surface area (Å²) in [5, 5.41) is 10.0. The largest absolute Gasteiger partial charge is 0.502 e. The Hall–Kier alpha value is -2.63. The second-order valence-corrected chi connectivity index (χ2v) is 3.77. The van der Waals surface area contributed by atoms with Crippen LogP contribution in [-0.4, -0.2) is 28.4 Å². The van der Waals surface area contributed by atoms with Crippen LogP contribution in [0.15, 0.2) is 29.1 Å². The van der Waals surface area contributed by atoms with E-state index in [0.717, 1.165) is 0 Å². The molecular formula is C13H11NO5. The Morgan fingerprint density at radius 3 is 2.68 bits per heavy atom. The molecule has 0 spiro atoms. The van der Waals surface area contributed by atoms with E-state index in [9.17, 15) is 19.5 Å². The molecule has 0 atom stereocenters. The van der Waals surface area contributed by atoms with Gasteiger partial charge >= 0.3 is 5.97 Å². The van der Waals surface area contributed by atoms with Crippen molar-refractivity contribution < 1.29 is 19.4 Å². The normalized spacial score (nSPS) is 10.4. The van der Waals surface area contributed by atoms with Crippen LogP contribution in [0.4, 0.5) is 0 Å². The molecule has 0 amide bonds. The molecule has 0 aliphatic heterocycles. The lowest BCUT2D eigenvalue weighted by molar-refractivity contribution is -0.137. The van der Waals surface area contributed by atoms with Gasteiger partial charge in [-0.25, -0.2) is 4.79 Å². The summed E-state index contributed by atoms with van der Waals surface area (Å²) >= 11 is 0. The summed E-state index contributed by atoms with van der Waals surface area (Å²) in [5.74, 6) is -2.92. The van der Waals surface area contributed by atoms with Crippen molar-refractivity contribution in [2.45, 2.75) is 6.92 Å². The van der Waals surface area contributed by atoms with Crippen LogP contribution in [0.3, 0.4) is 0 Å². The zero-order valence-corrected chi connectivity index (χ0v) is 10.1. The van der Waals surface area contributed by atoms with E-state index in [0.29, 0.717) is 5.52 Å². The van der Waals surface area contributed by atoms with Crippen LogP contribution in [0.5, 0.6) is 5.75 Å². The van der Waals surface area contributed by atoms with Gasteiger partial charge in [-0.15, -0.1) is 0 Å². The minimum Gasteiger partial charge on any atom is -0.502 e.